The van der Waals surface area contributed by atoms with Crippen molar-refractivity contribution in [2.24, 2.45) is 0 Å². The lowest BCUT2D eigenvalue weighted by molar-refractivity contribution is -0.144. The van der Waals surface area contributed by atoms with E-state index in [1.807, 2.05) is 0 Å². The van der Waals surface area contributed by atoms with Crippen molar-refractivity contribution in [2.45, 2.75) is 19.6 Å². The molecule has 0 spiro atoms. The Balaban J connectivity index is 3.19. The van der Waals surface area contributed by atoms with E-state index in [-0.39, 0.29) is 12.2 Å². The number of carbonyl (C=O) groups excluding carboxylic acids is 1. The van der Waals surface area contributed by atoms with Gasteiger partial charge in [-0.25, -0.2) is 0 Å². The number of hydrogen-bond acceptors (Lipinski definition) is 2. The monoisotopic (exact) mass is 192 g/mol. The fourth-order valence-electron chi connectivity index (χ4n) is 0.964. The second-order valence-electron chi connectivity index (χ2n) is 2.39. The second kappa shape index (κ2) is 3.20. The third-order valence-electron chi connectivity index (χ3n) is 1.51. The summed E-state index contributed by atoms with van der Waals surface area (Å²) in [6.45, 7) is 1.61. The summed E-state index contributed by atoms with van der Waals surface area (Å²) in [5, 5.41) is 3.44. The van der Waals surface area contributed by atoms with E-state index in [0.717, 1.165) is 10.7 Å². The topological polar surface area (TPSA) is 34.9 Å². The van der Waals surface area contributed by atoms with Crippen molar-refractivity contribution in [1.82, 2.24) is 9.78 Å². The van der Waals surface area contributed by atoms with Gasteiger partial charge in [0.1, 0.15) is 11.4 Å². The van der Waals surface area contributed by atoms with Crippen LogP contribution in [0.3, 0.4) is 0 Å². The van der Waals surface area contributed by atoms with E-state index >= 15 is 0 Å². The van der Waals surface area contributed by atoms with Crippen molar-refractivity contribution in [1.29, 1.82) is 0 Å². The van der Waals surface area contributed by atoms with Crippen LogP contribution < -0.4 is 0 Å². The molecular weight excluding hydrogens is 185 g/mol. The van der Waals surface area contributed by atoms with Crippen molar-refractivity contribution in [2.75, 3.05) is 0 Å². The number of nitrogens with zero attached hydrogens (tertiary/aromatic N) is 2. The van der Waals surface area contributed by atoms with Gasteiger partial charge in [0.2, 0.25) is 0 Å². The predicted molar refractivity (Wildman–Crippen MR) is 38.3 cm³/mol. The summed E-state index contributed by atoms with van der Waals surface area (Å²) in [6.07, 6.45) is -4.16. The average molecular weight is 192 g/mol. The Bertz CT molecular complexity index is 316. The van der Waals surface area contributed by atoms with Crippen LogP contribution in [0.5, 0.6) is 0 Å². The molecule has 0 aliphatic rings. The number of aldehydes is 1. The Morgan fingerprint density at radius 2 is 2.23 bits per heavy atom. The van der Waals surface area contributed by atoms with E-state index in [1.165, 1.54) is 6.92 Å². The Hall–Kier alpha value is -1.33. The molecule has 1 aromatic rings. The van der Waals surface area contributed by atoms with Crippen LogP contribution in [0.4, 0.5) is 13.2 Å². The molecule has 0 amide bonds. The number of aryl methyl sites for hydroxylation is 1. The Labute approximate surface area is 72.2 Å². The van der Waals surface area contributed by atoms with Crippen molar-refractivity contribution in [3.63, 3.8) is 0 Å². The van der Waals surface area contributed by atoms with Gasteiger partial charge >= 0.3 is 6.18 Å². The number of aromatic nitrogens is 2. The zero-order valence-corrected chi connectivity index (χ0v) is 6.80. The van der Waals surface area contributed by atoms with Gasteiger partial charge in [0.05, 0.1) is 0 Å². The van der Waals surface area contributed by atoms with Gasteiger partial charge < -0.3 is 0 Å². The SMILES string of the molecule is CCn1nc(C=O)cc1C(F)(F)F. The lowest BCUT2D eigenvalue weighted by atomic mass is 10.3. The van der Waals surface area contributed by atoms with Crippen LogP contribution in [0.15, 0.2) is 6.07 Å². The van der Waals surface area contributed by atoms with Crippen LogP contribution in [0.2, 0.25) is 0 Å². The first kappa shape index (κ1) is 9.76. The molecule has 0 aliphatic heterocycles. The van der Waals surface area contributed by atoms with E-state index in [0.29, 0.717) is 6.29 Å². The van der Waals surface area contributed by atoms with Crippen LogP contribution in [0.1, 0.15) is 23.1 Å². The standard InChI is InChI=1S/C7H7F3N2O/c1-2-12-6(7(8,9)10)3-5(4-13)11-12/h3-4H,2H2,1H3. The lowest BCUT2D eigenvalue weighted by Gasteiger charge is -2.06. The van der Waals surface area contributed by atoms with Crippen LogP contribution >= 0.6 is 0 Å². The smallest absolute Gasteiger partial charge is 0.296 e. The van der Waals surface area contributed by atoms with E-state index in [1.54, 1.807) is 0 Å². The molecule has 1 aromatic heterocycles. The molecule has 0 saturated carbocycles. The summed E-state index contributed by atoms with van der Waals surface area (Å²) < 4.78 is 37.4. The molecule has 0 N–H and O–H groups in total. The zero-order chi connectivity index (χ0) is 10.1. The number of alkyl halides is 3. The lowest BCUT2D eigenvalue weighted by Crippen LogP contribution is -2.13. The van der Waals surface area contributed by atoms with Crippen molar-refractivity contribution in [3.8, 4) is 0 Å². The van der Waals surface area contributed by atoms with Gasteiger partial charge in [-0.2, -0.15) is 18.3 Å². The molecule has 0 aromatic carbocycles. The minimum atomic E-state index is -4.45. The first-order valence-corrected chi connectivity index (χ1v) is 3.59. The minimum Gasteiger partial charge on any atom is -0.296 e. The molecule has 0 saturated heterocycles. The highest BCUT2D eigenvalue weighted by Gasteiger charge is 2.35. The predicted octanol–water partition coefficient (Wildman–Crippen LogP) is 1.73. The quantitative estimate of drug-likeness (QED) is 0.669. The summed E-state index contributed by atoms with van der Waals surface area (Å²) in [7, 11) is 0. The second-order valence-corrected chi connectivity index (χ2v) is 2.39. The summed E-state index contributed by atoms with van der Waals surface area (Å²) >= 11 is 0. The van der Waals surface area contributed by atoms with E-state index in [9.17, 15) is 18.0 Å². The maximum atomic E-state index is 12.2. The molecule has 0 atom stereocenters. The Kier molecular flexibility index (Phi) is 2.40. The zero-order valence-electron chi connectivity index (χ0n) is 6.80. The number of carbonyl (C=O) groups is 1. The number of hydrogen-bond donors (Lipinski definition) is 0. The van der Waals surface area contributed by atoms with Gasteiger partial charge in [0, 0.05) is 6.54 Å². The normalized spacial score (nSPS) is 11.7. The molecule has 0 bridgehead atoms. The molecular formula is C7H7F3N2O. The van der Waals surface area contributed by atoms with Gasteiger partial charge in [-0.1, -0.05) is 0 Å². The fraction of sp³-hybridized carbons (Fsp3) is 0.429. The van der Waals surface area contributed by atoms with E-state index in [2.05, 4.69) is 5.10 Å². The van der Waals surface area contributed by atoms with Crippen molar-refractivity contribution >= 4 is 6.29 Å². The molecule has 0 aliphatic carbocycles. The molecule has 1 heterocycles. The van der Waals surface area contributed by atoms with E-state index < -0.39 is 11.9 Å². The summed E-state index contributed by atoms with van der Waals surface area (Å²) in [5.74, 6) is 0. The molecule has 1 rings (SSSR count). The highest BCUT2D eigenvalue weighted by atomic mass is 19.4. The number of rotatable bonds is 2. The molecule has 0 radical (unpaired) electrons. The first-order chi connectivity index (χ1) is 5.99. The maximum absolute atomic E-state index is 12.2. The maximum Gasteiger partial charge on any atom is 0.433 e. The third kappa shape index (κ3) is 1.88. The molecule has 0 fully saturated rings. The highest BCUT2D eigenvalue weighted by Crippen LogP contribution is 2.29. The summed E-state index contributed by atoms with van der Waals surface area (Å²) in [5.41, 5.74) is -1.09. The van der Waals surface area contributed by atoms with Crippen LogP contribution in [-0.4, -0.2) is 16.1 Å². The molecule has 72 valence electrons. The van der Waals surface area contributed by atoms with Gasteiger partial charge in [-0.15, -0.1) is 0 Å². The molecule has 13 heavy (non-hydrogen) atoms. The highest BCUT2D eigenvalue weighted by molar-refractivity contribution is 5.71. The number of halogens is 3. The Morgan fingerprint density at radius 1 is 1.62 bits per heavy atom. The first-order valence-electron chi connectivity index (χ1n) is 3.59. The fourth-order valence-corrected chi connectivity index (χ4v) is 0.964. The van der Waals surface area contributed by atoms with Gasteiger partial charge in [0.25, 0.3) is 0 Å². The summed E-state index contributed by atoms with van der Waals surface area (Å²) in [4.78, 5) is 10.2. The molecule has 3 nitrogen and oxygen atoms in total. The van der Waals surface area contributed by atoms with Crippen LogP contribution in [0, 0.1) is 0 Å². The minimum absolute atomic E-state index is 0.0860. The van der Waals surface area contributed by atoms with Crippen molar-refractivity contribution in [3.05, 3.63) is 17.5 Å². The Morgan fingerprint density at radius 3 is 2.54 bits per heavy atom. The van der Waals surface area contributed by atoms with E-state index in [4.69, 9.17) is 0 Å². The average Bonchev–Trinajstić information content (AvgIpc) is 2.46. The van der Waals surface area contributed by atoms with Crippen molar-refractivity contribution < 1.29 is 18.0 Å². The summed E-state index contributed by atoms with van der Waals surface area (Å²) in [6, 6.07) is 0.733. The largest absolute Gasteiger partial charge is 0.433 e. The van der Waals surface area contributed by atoms with Gasteiger partial charge in [-0.3, -0.25) is 9.48 Å². The van der Waals surface area contributed by atoms with Gasteiger partial charge in [0.15, 0.2) is 6.29 Å². The van der Waals surface area contributed by atoms with Crippen LogP contribution in [-0.2, 0) is 12.7 Å². The third-order valence-corrected chi connectivity index (χ3v) is 1.51. The molecule has 0 unspecified atom stereocenters. The molecule has 6 heteroatoms. The van der Waals surface area contributed by atoms with Crippen LogP contribution in [0.25, 0.3) is 0 Å². The van der Waals surface area contributed by atoms with Gasteiger partial charge in [-0.05, 0) is 13.0 Å².